The summed E-state index contributed by atoms with van der Waals surface area (Å²) < 4.78 is 1.19. The predicted molar refractivity (Wildman–Crippen MR) is 89.5 cm³/mol. The third-order valence-corrected chi connectivity index (χ3v) is 5.56. The van der Waals surface area contributed by atoms with Crippen LogP contribution >= 0.6 is 15.9 Å². The van der Waals surface area contributed by atoms with Gasteiger partial charge >= 0.3 is 0 Å². The first-order chi connectivity index (χ1) is 9.63. The first-order valence-corrected chi connectivity index (χ1v) is 8.73. The smallest absolute Gasteiger partial charge is 0.0402 e. The molecule has 0 radical (unpaired) electrons. The van der Waals surface area contributed by atoms with Gasteiger partial charge in [0.05, 0.1) is 0 Å². The van der Waals surface area contributed by atoms with Gasteiger partial charge in [-0.1, -0.05) is 35.7 Å². The Balaban J connectivity index is 1.91. The molecule has 1 atom stereocenters. The lowest BCUT2D eigenvalue weighted by atomic mass is 9.91. The molecule has 2 aliphatic rings. The summed E-state index contributed by atoms with van der Waals surface area (Å²) in [5, 5.41) is 3.84. The summed E-state index contributed by atoms with van der Waals surface area (Å²) in [6, 6.07) is 7.34. The Labute approximate surface area is 131 Å². The second-order valence-corrected chi connectivity index (χ2v) is 7.39. The minimum Gasteiger partial charge on any atom is -0.365 e. The second kappa shape index (κ2) is 5.69. The van der Waals surface area contributed by atoms with E-state index in [-0.39, 0.29) is 0 Å². The molecular formula is C17H25BrN2. The Hall–Kier alpha value is -0.540. The molecule has 3 heteroatoms. The molecule has 0 bridgehead atoms. The number of aryl methyl sites for hydroxylation is 1. The number of nitrogens with zero attached hydrogens (tertiary/aromatic N) is 1. The number of benzene rings is 1. The zero-order chi connectivity index (χ0) is 14.2. The lowest BCUT2D eigenvalue weighted by Crippen LogP contribution is -2.62. The molecule has 110 valence electrons. The maximum atomic E-state index is 3.84. The summed E-state index contributed by atoms with van der Waals surface area (Å²) in [5.74, 6) is 0. The van der Waals surface area contributed by atoms with Gasteiger partial charge in [0.2, 0.25) is 0 Å². The van der Waals surface area contributed by atoms with Crippen molar-refractivity contribution in [3.63, 3.8) is 0 Å². The number of rotatable bonds is 2. The number of nitrogens with one attached hydrogen (secondary N) is 1. The molecule has 2 nitrogen and oxygen atoms in total. The van der Waals surface area contributed by atoms with E-state index in [0.29, 0.717) is 11.6 Å². The Bertz CT molecular complexity index is 480. The minimum absolute atomic E-state index is 0.380. The van der Waals surface area contributed by atoms with E-state index in [4.69, 9.17) is 0 Å². The van der Waals surface area contributed by atoms with E-state index in [9.17, 15) is 0 Å². The maximum absolute atomic E-state index is 3.84. The summed E-state index contributed by atoms with van der Waals surface area (Å²) in [7, 11) is 0. The van der Waals surface area contributed by atoms with Gasteiger partial charge in [-0.25, -0.2) is 0 Å². The quantitative estimate of drug-likeness (QED) is 0.873. The van der Waals surface area contributed by atoms with E-state index in [1.807, 2.05) is 0 Å². The van der Waals surface area contributed by atoms with Crippen LogP contribution in [0.3, 0.4) is 0 Å². The van der Waals surface area contributed by atoms with Gasteiger partial charge in [0, 0.05) is 34.8 Å². The summed E-state index contributed by atoms with van der Waals surface area (Å²) in [6.45, 7) is 6.88. The molecule has 20 heavy (non-hydrogen) atoms. The van der Waals surface area contributed by atoms with Crippen LogP contribution in [0.1, 0.15) is 45.1 Å². The highest BCUT2D eigenvalue weighted by atomic mass is 79.9. The van der Waals surface area contributed by atoms with Crippen LogP contribution in [0.4, 0.5) is 5.69 Å². The third-order valence-electron chi connectivity index (χ3n) is 5.07. The number of hydrogen-bond donors (Lipinski definition) is 1. The van der Waals surface area contributed by atoms with E-state index in [1.165, 1.54) is 48.0 Å². The molecule has 1 unspecified atom stereocenters. The highest BCUT2D eigenvalue weighted by Crippen LogP contribution is 2.36. The van der Waals surface area contributed by atoms with Crippen molar-refractivity contribution in [3.05, 3.63) is 28.2 Å². The lowest BCUT2D eigenvalue weighted by Gasteiger charge is -2.47. The molecule has 1 spiro atoms. The summed E-state index contributed by atoms with van der Waals surface area (Å²) in [6.07, 6.45) is 6.55. The zero-order valence-corrected chi connectivity index (χ0v) is 14.2. The Morgan fingerprint density at radius 2 is 2.10 bits per heavy atom. The van der Waals surface area contributed by atoms with Crippen molar-refractivity contribution in [2.45, 2.75) is 57.5 Å². The van der Waals surface area contributed by atoms with Gasteiger partial charge < -0.3 is 10.2 Å². The van der Waals surface area contributed by atoms with Gasteiger partial charge in [0.25, 0.3) is 0 Å². The van der Waals surface area contributed by atoms with Crippen LogP contribution in [0.2, 0.25) is 0 Å². The van der Waals surface area contributed by atoms with E-state index < -0.39 is 0 Å². The molecule has 1 aromatic rings. The van der Waals surface area contributed by atoms with Gasteiger partial charge in [0.15, 0.2) is 0 Å². The maximum Gasteiger partial charge on any atom is 0.0402 e. The summed E-state index contributed by atoms with van der Waals surface area (Å²) in [4.78, 5) is 2.65. The average molecular weight is 337 g/mol. The van der Waals surface area contributed by atoms with Gasteiger partial charge in [-0.15, -0.1) is 0 Å². The van der Waals surface area contributed by atoms with Crippen LogP contribution in [-0.2, 0) is 6.42 Å². The molecule has 2 fully saturated rings. The monoisotopic (exact) mass is 336 g/mol. The molecule has 1 saturated heterocycles. The van der Waals surface area contributed by atoms with Crippen LogP contribution in [0.15, 0.2) is 22.7 Å². The zero-order valence-electron chi connectivity index (χ0n) is 12.6. The van der Waals surface area contributed by atoms with Crippen LogP contribution in [0.25, 0.3) is 0 Å². The van der Waals surface area contributed by atoms with E-state index in [2.05, 4.69) is 58.2 Å². The number of piperazine rings is 1. The fourth-order valence-corrected chi connectivity index (χ4v) is 4.25. The van der Waals surface area contributed by atoms with Crippen molar-refractivity contribution in [2.75, 3.05) is 18.0 Å². The lowest BCUT2D eigenvalue weighted by molar-refractivity contribution is 0.276. The van der Waals surface area contributed by atoms with Crippen molar-refractivity contribution in [1.29, 1.82) is 0 Å². The first-order valence-electron chi connectivity index (χ1n) is 7.94. The minimum atomic E-state index is 0.380. The molecule has 1 heterocycles. The SMILES string of the molecule is CCc1cc(Br)ccc1N1CC2(CCCC2)NCC1C. The topological polar surface area (TPSA) is 15.3 Å². The molecule has 1 N–H and O–H groups in total. The number of anilines is 1. The molecule has 3 rings (SSSR count). The van der Waals surface area contributed by atoms with E-state index in [0.717, 1.165) is 13.0 Å². The van der Waals surface area contributed by atoms with Crippen molar-refractivity contribution in [1.82, 2.24) is 5.32 Å². The normalized spacial score (nSPS) is 25.4. The standard InChI is InChI=1S/C17H25BrN2/c1-3-14-10-15(18)6-7-16(14)20-12-17(8-4-5-9-17)19-11-13(20)2/h6-7,10,13,19H,3-5,8-9,11-12H2,1-2H3. The van der Waals surface area contributed by atoms with E-state index >= 15 is 0 Å². The Morgan fingerprint density at radius 3 is 2.80 bits per heavy atom. The van der Waals surface area contributed by atoms with Crippen LogP contribution in [-0.4, -0.2) is 24.7 Å². The predicted octanol–water partition coefficient (Wildman–Crippen LogP) is 4.12. The number of hydrogen-bond acceptors (Lipinski definition) is 2. The molecule has 1 aromatic carbocycles. The number of halogens is 1. The van der Waals surface area contributed by atoms with Crippen molar-refractivity contribution < 1.29 is 0 Å². The highest BCUT2D eigenvalue weighted by molar-refractivity contribution is 9.10. The molecule has 1 saturated carbocycles. The molecule has 0 aromatic heterocycles. The van der Waals surface area contributed by atoms with Crippen molar-refractivity contribution in [2.24, 2.45) is 0 Å². The molecular weight excluding hydrogens is 312 g/mol. The van der Waals surface area contributed by atoms with Crippen LogP contribution < -0.4 is 10.2 Å². The molecule has 0 amide bonds. The second-order valence-electron chi connectivity index (χ2n) is 6.47. The third kappa shape index (κ3) is 2.62. The Morgan fingerprint density at radius 1 is 1.35 bits per heavy atom. The molecule has 1 aliphatic heterocycles. The van der Waals surface area contributed by atoms with Crippen molar-refractivity contribution >= 4 is 21.6 Å². The highest BCUT2D eigenvalue weighted by Gasteiger charge is 2.40. The van der Waals surface area contributed by atoms with Crippen molar-refractivity contribution in [3.8, 4) is 0 Å². The van der Waals surface area contributed by atoms with E-state index in [1.54, 1.807) is 0 Å². The average Bonchev–Trinajstić information content (AvgIpc) is 2.90. The largest absolute Gasteiger partial charge is 0.365 e. The van der Waals surface area contributed by atoms with Crippen LogP contribution in [0, 0.1) is 0 Å². The van der Waals surface area contributed by atoms with Gasteiger partial charge in [-0.3, -0.25) is 0 Å². The Kier molecular flexibility index (Phi) is 4.09. The fraction of sp³-hybridized carbons (Fsp3) is 0.647. The van der Waals surface area contributed by atoms with Gasteiger partial charge in [0.1, 0.15) is 0 Å². The summed E-state index contributed by atoms with van der Waals surface area (Å²) in [5.41, 5.74) is 3.28. The van der Waals surface area contributed by atoms with Gasteiger partial charge in [-0.2, -0.15) is 0 Å². The van der Waals surface area contributed by atoms with Gasteiger partial charge in [-0.05, 0) is 49.9 Å². The summed E-state index contributed by atoms with van der Waals surface area (Å²) >= 11 is 3.61. The fourth-order valence-electron chi connectivity index (χ4n) is 3.84. The molecule has 1 aliphatic carbocycles. The van der Waals surface area contributed by atoms with Crippen LogP contribution in [0.5, 0.6) is 0 Å². The first kappa shape index (κ1) is 14.4.